The van der Waals surface area contributed by atoms with Crippen LogP contribution < -0.4 is 10.1 Å². The predicted octanol–water partition coefficient (Wildman–Crippen LogP) is 8.63. The van der Waals surface area contributed by atoms with Gasteiger partial charge in [0.05, 0.1) is 0 Å². The van der Waals surface area contributed by atoms with Crippen molar-refractivity contribution in [1.29, 1.82) is 0 Å². The Bertz CT molecular complexity index is 1180. The molecule has 1 fully saturated rings. The van der Waals surface area contributed by atoms with E-state index in [9.17, 15) is 0 Å². The third kappa shape index (κ3) is 6.02. The molecule has 1 N–H and O–H groups in total. The van der Waals surface area contributed by atoms with Gasteiger partial charge in [0, 0.05) is 35.9 Å². The van der Waals surface area contributed by atoms with E-state index in [0.717, 1.165) is 53.4 Å². The van der Waals surface area contributed by atoms with Crippen molar-refractivity contribution in [2.45, 2.75) is 71.8 Å². The molecule has 5 rings (SSSR count). The van der Waals surface area contributed by atoms with Crippen molar-refractivity contribution in [2.75, 3.05) is 11.9 Å². The molecule has 0 spiro atoms. The normalized spacial score (nSPS) is 13.8. The number of nitrogens with zero attached hydrogens (tertiary/aromatic N) is 3. The van der Waals surface area contributed by atoms with Crippen LogP contribution in [0.3, 0.4) is 0 Å². The smallest absolute Gasteiger partial charge is 0.224 e. The third-order valence-corrected chi connectivity index (χ3v) is 6.50. The minimum Gasteiger partial charge on any atom is -0.457 e. The van der Waals surface area contributed by atoms with Crippen molar-refractivity contribution in [2.24, 2.45) is 0 Å². The average molecular weight is 471 g/mol. The molecule has 1 saturated carbocycles. The summed E-state index contributed by atoms with van der Waals surface area (Å²) in [6.45, 7) is 7.10. The number of anilines is 1. The van der Waals surface area contributed by atoms with E-state index in [-0.39, 0.29) is 0 Å². The zero-order valence-corrected chi connectivity index (χ0v) is 21.3. The molecule has 35 heavy (non-hydrogen) atoms. The molecule has 2 heterocycles. The molecule has 5 heteroatoms. The quantitative estimate of drug-likeness (QED) is 0.262. The Balaban J connectivity index is 0.00000141. The first-order valence-electron chi connectivity index (χ1n) is 13.3. The first kappa shape index (κ1) is 24.8. The van der Waals surface area contributed by atoms with Crippen molar-refractivity contribution in [3.8, 4) is 22.6 Å². The van der Waals surface area contributed by atoms with E-state index in [1.807, 2.05) is 62.5 Å². The van der Waals surface area contributed by atoms with Crippen LogP contribution in [0.25, 0.3) is 22.2 Å². The van der Waals surface area contributed by atoms with E-state index in [0.29, 0.717) is 6.04 Å². The summed E-state index contributed by atoms with van der Waals surface area (Å²) >= 11 is 0. The summed E-state index contributed by atoms with van der Waals surface area (Å²) in [4.78, 5) is 9.59. The fraction of sp³-hybridized carbons (Fsp3) is 0.400. The van der Waals surface area contributed by atoms with Crippen LogP contribution in [-0.4, -0.2) is 21.1 Å². The van der Waals surface area contributed by atoms with Gasteiger partial charge in [-0.25, -0.2) is 4.98 Å². The summed E-state index contributed by atoms with van der Waals surface area (Å²) in [7, 11) is 0. The molecule has 0 atom stereocenters. The highest BCUT2D eigenvalue weighted by Crippen LogP contribution is 2.37. The van der Waals surface area contributed by atoms with Crippen LogP contribution in [0.4, 0.5) is 5.95 Å². The number of aromatic nitrogens is 3. The van der Waals surface area contributed by atoms with Gasteiger partial charge in [-0.15, -0.1) is 0 Å². The molecule has 1 aliphatic carbocycles. The maximum atomic E-state index is 5.98. The number of benzene rings is 2. The number of para-hydroxylation sites is 1. The minimum absolute atomic E-state index is 0.508. The van der Waals surface area contributed by atoms with E-state index in [1.54, 1.807) is 0 Å². The number of ether oxygens (including phenoxy) is 1. The maximum Gasteiger partial charge on any atom is 0.224 e. The second-order valence-electron chi connectivity index (χ2n) is 8.89. The second-order valence-corrected chi connectivity index (χ2v) is 8.89. The van der Waals surface area contributed by atoms with Gasteiger partial charge in [0.15, 0.2) is 0 Å². The molecule has 0 unspecified atom stereocenters. The Morgan fingerprint density at radius 1 is 0.943 bits per heavy atom. The second kappa shape index (κ2) is 12.4. The molecule has 0 bridgehead atoms. The molecule has 184 valence electrons. The molecule has 2 aromatic heterocycles. The minimum atomic E-state index is 0.508. The molecule has 0 saturated heterocycles. The molecule has 0 radical (unpaired) electrons. The Morgan fingerprint density at radius 2 is 1.66 bits per heavy atom. The lowest BCUT2D eigenvalue weighted by Gasteiger charge is -2.23. The van der Waals surface area contributed by atoms with E-state index in [1.165, 1.54) is 37.7 Å². The molecule has 2 aromatic carbocycles. The van der Waals surface area contributed by atoms with E-state index in [2.05, 4.69) is 40.1 Å². The van der Waals surface area contributed by atoms with Gasteiger partial charge in [-0.3, -0.25) is 0 Å². The van der Waals surface area contributed by atoms with Crippen LogP contribution in [0, 0.1) is 0 Å². The highest BCUT2D eigenvalue weighted by atomic mass is 16.5. The van der Waals surface area contributed by atoms with Crippen LogP contribution in [0.15, 0.2) is 67.0 Å². The van der Waals surface area contributed by atoms with E-state index in [4.69, 9.17) is 9.72 Å². The Hall–Kier alpha value is -3.34. The maximum absolute atomic E-state index is 5.98. The van der Waals surface area contributed by atoms with Crippen molar-refractivity contribution < 1.29 is 4.74 Å². The Labute approximate surface area is 209 Å². The number of rotatable bonds is 8. The predicted molar refractivity (Wildman–Crippen MR) is 146 cm³/mol. The fourth-order valence-corrected chi connectivity index (χ4v) is 4.69. The number of fused-ring (bicyclic) bond motifs is 1. The standard InChI is InChI=1S/C28H32N4O.C2H6/c1-2-3-18-29-28-30-19-25-26(20-32(27(25)31-28)22-10-6-4-7-11-22)21-14-16-24(17-15-21)33-23-12-8-5-9-13-23;1-2/h5,8-9,12-17,19-20,22H,2-4,6-7,10-11,18H2,1H3,(H,29,30,31);1-2H3. The van der Waals surface area contributed by atoms with E-state index >= 15 is 0 Å². The molecule has 1 aliphatic rings. The molecular weight excluding hydrogens is 432 g/mol. The van der Waals surface area contributed by atoms with Crippen molar-refractivity contribution in [1.82, 2.24) is 14.5 Å². The lowest BCUT2D eigenvalue weighted by atomic mass is 9.95. The van der Waals surface area contributed by atoms with E-state index < -0.39 is 0 Å². The molecule has 5 nitrogen and oxygen atoms in total. The summed E-state index contributed by atoms with van der Waals surface area (Å²) in [6, 6.07) is 18.7. The zero-order valence-electron chi connectivity index (χ0n) is 21.3. The van der Waals surface area contributed by atoms with Gasteiger partial charge in [-0.2, -0.15) is 4.98 Å². The van der Waals surface area contributed by atoms with Crippen molar-refractivity contribution in [3.63, 3.8) is 0 Å². The highest BCUT2D eigenvalue weighted by molar-refractivity contribution is 5.94. The Morgan fingerprint density at radius 3 is 2.37 bits per heavy atom. The topological polar surface area (TPSA) is 52.0 Å². The van der Waals surface area contributed by atoms with Crippen molar-refractivity contribution >= 4 is 17.0 Å². The third-order valence-electron chi connectivity index (χ3n) is 6.50. The number of unbranched alkanes of at least 4 members (excludes halogenated alkanes) is 1. The number of hydrogen-bond donors (Lipinski definition) is 1. The van der Waals surface area contributed by atoms with Crippen LogP contribution in [-0.2, 0) is 0 Å². The van der Waals surface area contributed by atoms with Gasteiger partial charge in [0.25, 0.3) is 0 Å². The van der Waals surface area contributed by atoms with Crippen LogP contribution >= 0.6 is 0 Å². The number of hydrogen-bond acceptors (Lipinski definition) is 4. The summed E-state index contributed by atoms with van der Waals surface area (Å²) in [6.07, 6.45) is 12.9. The first-order valence-corrected chi connectivity index (χ1v) is 13.3. The molecular formula is C30H38N4O. The van der Waals surface area contributed by atoms with Gasteiger partial charge in [0.2, 0.25) is 5.95 Å². The summed E-state index contributed by atoms with van der Waals surface area (Å²) in [5.74, 6) is 2.40. The summed E-state index contributed by atoms with van der Waals surface area (Å²) < 4.78 is 8.39. The largest absolute Gasteiger partial charge is 0.457 e. The average Bonchev–Trinajstić information content (AvgIpc) is 3.30. The summed E-state index contributed by atoms with van der Waals surface area (Å²) in [5.41, 5.74) is 3.38. The van der Waals surface area contributed by atoms with Gasteiger partial charge in [-0.1, -0.05) is 76.8 Å². The molecule has 0 aliphatic heterocycles. The number of nitrogens with one attached hydrogen (secondary N) is 1. The van der Waals surface area contributed by atoms with Crippen LogP contribution in [0.1, 0.15) is 71.8 Å². The molecule has 4 aromatic rings. The lowest BCUT2D eigenvalue weighted by Crippen LogP contribution is -2.13. The first-order chi connectivity index (χ1) is 17.3. The van der Waals surface area contributed by atoms with Crippen molar-refractivity contribution in [3.05, 3.63) is 67.0 Å². The lowest BCUT2D eigenvalue weighted by molar-refractivity contribution is 0.360. The van der Waals surface area contributed by atoms with Gasteiger partial charge < -0.3 is 14.6 Å². The monoisotopic (exact) mass is 470 g/mol. The van der Waals surface area contributed by atoms with Gasteiger partial charge in [0.1, 0.15) is 17.1 Å². The molecule has 0 amide bonds. The van der Waals surface area contributed by atoms with Gasteiger partial charge in [-0.05, 0) is 49.1 Å². The zero-order chi connectivity index (χ0) is 24.5. The van der Waals surface area contributed by atoms with Gasteiger partial charge >= 0.3 is 0 Å². The fourth-order valence-electron chi connectivity index (χ4n) is 4.69. The SMILES string of the molecule is CC.CCCCNc1ncc2c(-c3ccc(Oc4ccccc4)cc3)cn(C3CCCCC3)c2n1. The van der Waals surface area contributed by atoms with Crippen LogP contribution in [0.5, 0.6) is 11.5 Å². The Kier molecular flexibility index (Phi) is 8.77. The highest BCUT2D eigenvalue weighted by Gasteiger charge is 2.21. The summed E-state index contributed by atoms with van der Waals surface area (Å²) in [5, 5.41) is 4.51. The van der Waals surface area contributed by atoms with Crippen LogP contribution in [0.2, 0.25) is 0 Å².